The van der Waals surface area contributed by atoms with E-state index in [1.807, 2.05) is 0 Å². The van der Waals surface area contributed by atoms with E-state index in [2.05, 4.69) is 37.3 Å². The third-order valence-corrected chi connectivity index (χ3v) is 4.18. The Bertz CT molecular complexity index is 368. The van der Waals surface area contributed by atoms with Gasteiger partial charge in [-0.05, 0) is 30.7 Å². The van der Waals surface area contributed by atoms with E-state index in [1.165, 1.54) is 31.2 Å². The Kier molecular flexibility index (Phi) is 4.98. The molecule has 2 rings (SSSR count). The smallest absolute Gasteiger partial charge is 0.136 e. The van der Waals surface area contributed by atoms with Gasteiger partial charge in [0.05, 0.1) is 0 Å². The minimum Gasteiger partial charge on any atom is -0.299 e. The van der Waals surface area contributed by atoms with E-state index >= 15 is 0 Å². The molecule has 1 aromatic rings. The standard InChI is InChI=1S/C17H24O/c1-2-3-5-13-17(18)16-12-8-11-15(16)14-9-6-4-7-10-14/h4,6-7,9-10,15-16H,2-3,5,8,11-13H2,1H3/t15-,16+/m1/s1. The summed E-state index contributed by atoms with van der Waals surface area (Å²) < 4.78 is 0. The second-order valence-corrected chi connectivity index (χ2v) is 5.48. The fourth-order valence-corrected chi connectivity index (χ4v) is 3.18. The lowest BCUT2D eigenvalue weighted by Crippen LogP contribution is -2.17. The van der Waals surface area contributed by atoms with Gasteiger partial charge < -0.3 is 0 Å². The summed E-state index contributed by atoms with van der Waals surface area (Å²) in [5, 5.41) is 0. The van der Waals surface area contributed by atoms with Crippen molar-refractivity contribution < 1.29 is 4.79 Å². The highest BCUT2D eigenvalue weighted by molar-refractivity contribution is 5.82. The van der Waals surface area contributed by atoms with E-state index < -0.39 is 0 Å². The van der Waals surface area contributed by atoms with Crippen LogP contribution in [0.5, 0.6) is 0 Å². The van der Waals surface area contributed by atoms with Crippen molar-refractivity contribution in [2.45, 2.75) is 57.8 Å². The molecule has 0 N–H and O–H groups in total. The molecule has 0 aromatic heterocycles. The highest BCUT2D eigenvalue weighted by Crippen LogP contribution is 2.40. The molecular weight excluding hydrogens is 220 g/mol. The fourth-order valence-electron chi connectivity index (χ4n) is 3.18. The zero-order valence-electron chi connectivity index (χ0n) is 11.4. The van der Waals surface area contributed by atoms with Crippen LogP contribution in [0.4, 0.5) is 0 Å². The van der Waals surface area contributed by atoms with Gasteiger partial charge in [-0.3, -0.25) is 4.79 Å². The number of hydrogen-bond donors (Lipinski definition) is 0. The quantitative estimate of drug-likeness (QED) is 0.662. The number of rotatable bonds is 6. The van der Waals surface area contributed by atoms with Crippen molar-refractivity contribution in [1.29, 1.82) is 0 Å². The van der Waals surface area contributed by atoms with E-state index in [9.17, 15) is 4.79 Å². The second kappa shape index (κ2) is 6.72. The molecule has 1 aromatic carbocycles. The molecule has 1 saturated carbocycles. The SMILES string of the molecule is CCCCCC(=O)[C@H]1CCC[C@@H]1c1ccccc1. The Labute approximate surface area is 111 Å². The minimum atomic E-state index is 0.296. The summed E-state index contributed by atoms with van der Waals surface area (Å²) in [6.07, 6.45) is 7.76. The van der Waals surface area contributed by atoms with Crippen molar-refractivity contribution in [3.05, 3.63) is 35.9 Å². The Morgan fingerprint density at radius 1 is 1.17 bits per heavy atom. The molecule has 1 heteroatoms. The lowest BCUT2D eigenvalue weighted by atomic mass is 9.84. The minimum absolute atomic E-state index is 0.296. The van der Waals surface area contributed by atoms with Crippen molar-refractivity contribution in [2.75, 3.05) is 0 Å². The highest BCUT2D eigenvalue weighted by Gasteiger charge is 2.32. The molecule has 0 heterocycles. The Balaban J connectivity index is 1.97. The first-order valence-corrected chi connectivity index (χ1v) is 7.40. The molecular formula is C17H24O. The van der Waals surface area contributed by atoms with Crippen LogP contribution >= 0.6 is 0 Å². The average Bonchev–Trinajstić information content (AvgIpc) is 2.89. The lowest BCUT2D eigenvalue weighted by Gasteiger charge is -2.18. The molecule has 0 spiro atoms. The summed E-state index contributed by atoms with van der Waals surface area (Å²) in [4.78, 5) is 12.3. The van der Waals surface area contributed by atoms with Crippen LogP contribution in [-0.4, -0.2) is 5.78 Å². The highest BCUT2D eigenvalue weighted by atomic mass is 16.1. The molecule has 1 fully saturated rings. The van der Waals surface area contributed by atoms with Gasteiger partial charge in [0.2, 0.25) is 0 Å². The van der Waals surface area contributed by atoms with E-state index in [0.29, 0.717) is 17.6 Å². The molecule has 0 aliphatic heterocycles. The number of ketones is 1. The summed E-state index contributed by atoms with van der Waals surface area (Å²) in [6, 6.07) is 10.6. The molecule has 1 nitrogen and oxygen atoms in total. The lowest BCUT2D eigenvalue weighted by molar-refractivity contribution is -0.123. The van der Waals surface area contributed by atoms with Crippen molar-refractivity contribution in [3.8, 4) is 0 Å². The van der Waals surface area contributed by atoms with E-state index in [1.54, 1.807) is 0 Å². The molecule has 0 unspecified atom stereocenters. The van der Waals surface area contributed by atoms with Crippen LogP contribution in [0, 0.1) is 5.92 Å². The van der Waals surface area contributed by atoms with Crippen molar-refractivity contribution in [2.24, 2.45) is 5.92 Å². The summed E-state index contributed by atoms with van der Waals surface area (Å²) in [7, 11) is 0. The second-order valence-electron chi connectivity index (χ2n) is 5.48. The maximum absolute atomic E-state index is 12.3. The number of Topliss-reactive ketones (excluding diaryl/α,β-unsaturated/α-hetero) is 1. The van der Waals surface area contributed by atoms with Gasteiger partial charge >= 0.3 is 0 Å². The van der Waals surface area contributed by atoms with Crippen molar-refractivity contribution in [3.63, 3.8) is 0 Å². The normalized spacial score (nSPS) is 23.2. The largest absolute Gasteiger partial charge is 0.299 e. The van der Waals surface area contributed by atoms with Gasteiger partial charge in [-0.1, -0.05) is 56.5 Å². The van der Waals surface area contributed by atoms with Gasteiger partial charge in [-0.25, -0.2) is 0 Å². The summed E-state index contributed by atoms with van der Waals surface area (Å²) >= 11 is 0. The first kappa shape index (κ1) is 13.3. The van der Waals surface area contributed by atoms with E-state index in [4.69, 9.17) is 0 Å². The predicted octanol–water partition coefficient (Wildman–Crippen LogP) is 4.72. The molecule has 0 bridgehead atoms. The first-order valence-electron chi connectivity index (χ1n) is 7.40. The van der Waals surface area contributed by atoms with Gasteiger partial charge in [0.25, 0.3) is 0 Å². The van der Waals surface area contributed by atoms with Crippen LogP contribution in [0.3, 0.4) is 0 Å². The van der Waals surface area contributed by atoms with Crippen LogP contribution in [0.25, 0.3) is 0 Å². The summed E-state index contributed by atoms with van der Waals surface area (Å²) in [5.41, 5.74) is 1.36. The third-order valence-electron chi connectivity index (χ3n) is 4.18. The maximum Gasteiger partial charge on any atom is 0.136 e. The van der Waals surface area contributed by atoms with Crippen molar-refractivity contribution in [1.82, 2.24) is 0 Å². The van der Waals surface area contributed by atoms with Crippen LogP contribution in [-0.2, 0) is 4.79 Å². The monoisotopic (exact) mass is 244 g/mol. The average molecular weight is 244 g/mol. The van der Waals surface area contributed by atoms with Gasteiger partial charge in [-0.2, -0.15) is 0 Å². The Hall–Kier alpha value is -1.11. The number of carbonyl (C=O) groups is 1. The van der Waals surface area contributed by atoms with E-state index in [0.717, 1.165) is 19.3 Å². The van der Waals surface area contributed by atoms with Crippen LogP contribution < -0.4 is 0 Å². The Morgan fingerprint density at radius 2 is 1.94 bits per heavy atom. The fraction of sp³-hybridized carbons (Fsp3) is 0.588. The number of unbranched alkanes of at least 4 members (excludes halogenated alkanes) is 2. The van der Waals surface area contributed by atoms with Gasteiger partial charge in [0.1, 0.15) is 5.78 Å². The molecule has 1 aliphatic carbocycles. The Morgan fingerprint density at radius 3 is 2.67 bits per heavy atom. The molecule has 2 atom stereocenters. The van der Waals surface area contributed by atoms with Crippen LogP contribution in [0.1, 0.15) is 63.4 Å². The molecule has 0 radical (unpaired) electrons. The van der Waals surface area contributed by atoms with Gasteiger partial charge in [-0.15, -0.1) is 0 Å². The van der Waals surface area contributed by atoms with Crippen molar-refractivity contribution >= 4 is 5.78 Å². The molecule has 1 aliphatic rings. The molecule has 18 heavy (non-hydrogen) atoms. The van der Waals surface area contributed by atoms with Gasteiger partial charge in [0.15, 0.2) is 0 Å². The van der Waals surface area contributed by atoms with Crippen LogP contribution in [0.2, 0.25) is 0 Å². The maximum atomic E-state index is 12.3. The van der Waals surface area contributed by atoms with E-state index in [-0.39, 0.29) is 0 Å². The molecule has 0 saturated heterocycles. The zero-order valence-corrected chi connectivity index (χ0v) is 11.4. The topological polar surface area (TPSA) is 17.1 Å². The number of benzene rings is 1. The predicted molar refractivity (Wildman–Crippen MR) is 75.7 cm³/mol. The summed E-state index contributed by atoms with van der Waals surface area (Å²) in [5.74, 6) is 1.29. The number of carbonyl (C=O) groups excluding carboxylic acids is 1. The molecule has 0 amide bonds. The first-order chi connectivity index (χ1) is 8.83. The van der Waals surface area contributed by atoms with Crippen LogP contribution in [0.15, 0.2) is 30.3 Å². The van der Waals surface area contributed by atoms with Gasteiger partial charge in [0, 0.05) is 12.3 Å². The summed E-state index contributed by atoms with van der Waals surface area (Å²) in [6.45, 7) is 2.19. The zero-order chi connectivity index (χ0) is 12.8. The third kappa shape index (κ3) is 3.22. The number of hydrogen-bond acceptors (Lipinski definition) is 1. The molecule has 98 valence electrons.